The van der Waals surface area contributed by atoms with Gasteiger partial charge in [0.2, 0.25) is 0 Å². The molecule has 4 aromatic rings. The summed E-state index contributed by atoms with van der Waals surface area (Å²) in [5.41, 5.74) is 4.87. The number of imidazole rings is 1. The minimum atomic E-state index is -0.256. The van der Waals surface area contributed by atoms with Gasteiger partial charge in [0, 0.05) is 35.0 Å². The van der Waals surface area contributed by atoms with Crippen molar-refractivity contribution < 1.29 is 9.13 Å². The molecule has 0 aliphatic carbocycles. The number of fused-ring (bicyclic) bond motifs is 1. The highest BCUT2D eigenvalue weighted by atomic mass is 35.5. The smallest absolute Gasteiger partial charge is 0.123 e. The maximum atomic E-state index is 13.5. The van der Waals surface area contributed by atoms with Gasteiger partial charge in [0.1, 0.15) is 11.6 Å². The van der Waals surface area contributed by atoms with Gasteiger partial charge >= 0.3 is 0 Å². The number of hydrogen-bond acceptors (Lipinski definition) is 3. The SMILES string of the molecule is Fc1ccc(-c2nc3n(c2-c2ccncc2)C(COCc2cccc(Cl)c2)CC3)cc1. The molecule has 1 aliphatic rings. The van der Waals surface area contributed by atoms with E-state index in [1.165, 1.54) is 12.1 Å². The first kappa shape index (κ1) is 19.9. The van der Waals surface area contributed by atoms with Gasteiger partial charge in [0.05, 0.1) is 30.6 Å². The van der Waals surface area contributed by atoms with Gasteiger partial charge < -0.3 is 9.30 Å². The topological polar surface area (TPSA) is 39.9 Å². The van der Waals surface area contributed by atoms with Crippen molar-refractivity contribution in [2.75, 3.05) is 6.61 Å². The van der Waals surface area contributed by atoms with Crippen LogP contribution in [0.25, 0.3) is 22.5 Å². The standard InChI is InChI=1S/C25H21ClFN3O/c26-20-3-1-2-17(14-20)15-31-16-22-8-9-23-29-24(18-4-6-21(27)7-5-18)25(30(22)23)19-10-12-28-13-11-19/h1-7,10-14,22H,8-9,15-16H2. The Kier molecular flexibility index (Phi) is 5.53. The van der Waals surface area contributed by atoms with E-state index in [1.54, 1.807) is 24.5 Å². The first-order valence-electron chi connectivity index (χ1n) is 10.3. The van der Waals surface area contributed by atoms with Crippen molar-refractivity contribution in [3.8, 4) is 22.5 Å². The second-order valence-corrected chi connectivity index (χ2v) is 8.11. The van der Waals surface area contributed by atoms with E-state index in [2.05, 4.69) is 9.55 Å². The van der Waals surface area contributed by atoms with Crippen LogP contribution in [0.1, 0.15) is 23.9 Å². The zero-order valence-electron chi connectivity index (χ0n) is 16.8. The van der Waals surface area contributed by atoms with E-state index >= 15 is 0 Å². The molecular weight excluding hydrogens is 413 g/mol. The Bertz CT molecular complexity index is 1190. The Morgan fingerprint density at radius 2 is 1.84 bits per heavy atom. The molecule has 1 atom stereocenters. The molecule has 0 N–H and O–H groups in total. The maximum absolute atomic E-state index is 13.5. The molecule has 1 unspecified atom stereocenters. The minimum absolute atomic E-state index is 0.180. The molecule has 0 radical (unpaired) electrons. The van der Waals surface area contributed by atoms with E-state index in [0.717, 1.165) is 46.7 Å². The number of aryl methyl sites for hydroxylation is 1. The highest BCUT2D eigenvalue weighted by Gasteiger charge is 2.30. The van der Waals surface area contributed by atoms with E-state index in [4.69, 9.17) is 21.3 Å². The lowest BCUT2D eigenvalue weighted by Crippen LogP contribution is -2.13. The predicted octanol–water partition coefficient (Wildman–Crippen LogP) is 6.11. The molecule has 0 fully saturated rings. The zero-order valence-corrected chi connectivity index (χ0v) is 17.6. The number of nitrogens with zero attached hydrogens (tertiary/aromatic N) is 3. The van der Waals surface area contributed by atoms with Crippen LogP contribution in [-0.4, -0.2) is 21.1 Å². The fraction of sp³-hybridized carbons (Fsp3) is 0.200. The molecule has 31 heavy (non-hydrogen) atoms. The molecule has 6 heteroatoms. The fourth-order valence-electron chi connectivity index (χ4n) is 4.17. The Balaban J connectivity index is 1.47. The predicted molar refractivity (Wildman–Crippen MR) is 119 cm³/mol. The zero-order chi connectivity index (χ0) is 21.2. The van der Waals surface area contributed by atoms with Crippen LogP contribution < -0.4 is 0 Å². The Morgan fingerprint density at radius 3 is 2.61 bits per heavy atom. The van der Waals surface area contributed by atoms with Crippen LogP contribution in [0.5, 0.6) is 0 Å². The third-order valence-corrected chi connectivity index (χ3v) is 5.82. The number of pyridine rings is 1. The molecule has 0 amide bonds. The molecule has 0 spiro atoms. The van der Waals surface area contributed by atoms with Crippen LogP contribution in [0.4, 0.5) is 4.39 Å². The van der Waals surface area contributed by atoms with E-state index in [-0.39, 0.29) is 11.9 Å². The molecule has 156 valence electrons. The van der Waals surface area contributed by atoms with E-state index in [0.29, 0.717) is 18.2 Å². The molecule has 2 aromatic carbocycles. The summed E-state index contributed by atoms with van der Waals surface area (Å²) in [6.07, 6.45) is 5.41. The highest BCUT2D eigenvalue weighted by Crippen LogP contribution is 2.39. The van der Waals surface area contributed by atoms with Crippen molar-refractivity contribution in [3.63, 3.8) is 0 Å². The monoisotopic (exact) mass is 433 g/mol. The summed E-state index contributed by atoms with van der Waals surface area (Å²) in [6.45, 7) is 1.09. The van der Waals surface area contributed by atoms with Crippen LogP contribution >= 0.6 is 11.6 Å². The van der Waals surface area contributed by atoms with E-state index in [1.807, 2.05) is 36.4 Å². The maximum Gasteiger partial charge on any atom is 0.123 e. The van der Waals surface area contributed by atoms with Gasteiger partial charge in [-0.25, -0.2) is 9.37 Å². The molecule has 5 rings (SSSR count). The molecule has 2 aromatic heterocycles. The van der Waals surface area contributed by atoms with Crippen molar-refractivity contribution in [1.82, 2.24) is 14.5 Å². The Labute approximate surface area is 185 Å². The van der Waals surface area contributed by atoms with Gasteiger partial charge in [-0.3, -0.25) is 4.98 Å². The number of ether oxygens (including phenoxy) is 1. The molecule has 1 aliphatic heterocycles. The number of benzene rings is 2. The third kappa shape index (κ3) is 4.11. The van der Waals surface area contributed by atoms with Gasteiger partial charge in [-0.1, -0.05) is 23.7 Å². The van der Waals surface area contributed by atoms with Gasteiger partial charge in [0.25, 0.3) is 0 Å². The number of aromatic nitrogens is 3. The third-order valence-electron chi connectivity index (χ3n) is 5.59. The summed E-state index contributed by atoms with van der Waals surface area (Å²) in [5, 5.41) is 0.711. The lowest BCUT2D eigenvalue weighted by Gasteiger charge is -2.18. The van der Waals surface area contributed by atoms with Gasteiger partial charge in [-0.15, -0.1) is 0 Å². The number of rotatable bonds is 6. The quantitative estimate of drug-likeness (QED) is 0.368. The van der Waals surface area contributed by atoms with Crippen molar-refractivity contribution in [2.24, 2.45) is 0 Å². The summed E-state index contributed by atoms with van der Waals surface area (Å²) in [7, 11) is 0. The van der Waals surface area contributed by atoms with Gasteiger partial charge in [-0.2, -0.15) is 0 Å². The molecule has 3 heterocycles. The average Bonchev–Trinajstić information content (AvgIpc) is 3.35. The van der Waals surface area contributed by atoms with Crippen LogP contribution in [0.2, 0.25) is 5.02 Å². The lowest BCUT2D eigenvalue weighted by molar-refractivity contribution is 0.0925. The summed E-state index contributed by atoms with van der Waals surface area (Å²) in [4.78, 5) is 9.10. The normalized spacial score (nSPS) is 15.2. The fourth-order valence-corrected chi connectivity index (χ4v) is 4.38. The molecule has 0 bridgehead atoms. The lowest BCUT2D eigenvalue weighted by atomic mass is 10.0. The van der Waals surface area contributed by atoms with E-state index < -0.39 is 0 Å². The Morgan fingerprint density at radius 1 is 1.03 bits per heavy atom. The molecule has 0 saturated heterocycles. The van der Waals surface area contributed by atoms with E-state index in [9.17, 15) is 4.39 Å². The molecule has 4 nitrogen and oxygen atoms in total. The highest BCUT2D eigenvalue weighted by molar-refractivity contribution is 6.30. The summed E-state index contributed by atoms with van der Waals surface area (Å²) < 4.78 is 21.8. The van der Waals surface area contributed by atoms with Crippen molar-refractivity contribution in [1.29, 1.82) is 0 Å². The number of hydrogen-bond donors (Lipinski definition) is 0. The summed E-state index contributed by atoms with van der Waals surface area (Å²) in [6, 6.07) is 18.4. The number of halogens is 2. The second kappa shape index (κ2) is 8.61. The molecule has 0 saturated carbocycles. The average molecular weight is 434 g/mol. The van der Waals surface area contributed by atoms with Crippen LogP contribution in [0.15, 0.2) is 73.1 Å². The van der Waals surface area contributed by atoms with Crippen molar-refractivity contribution in [3.05, 3.63) is 95.3 Å². The minimum Gasteiger partial charge on any atom is -0.375 e. The van der Waals surface area contributed by atoms with Crippen LogP contribution in [0, 0.1) is 5.82 Å². The summed E-state index contributed by atoms with van der Waals surface area (Å²) >= 11 is 6.08. The van der Waals surface area contributed by atoms with Gasteiger partial charge in [-0.05, 0) is 60.5 Å². The summed E-state index contributed by atoms with van der Waals surface area (Å²) in [5.74, 6) is 0.774. The van der Waals surface area contributed by atoms with Crippen molar-refractivity contribution >= 4 is 11.6 Å². The molecular formula is C25H21ClFN3O. The van der Waals surface area contributed by atoms with Gasteiger partial charge in [0.15, 0.2) is 0 Å². The van der Waals surface area contributed by atoms with Crippen LogP contribution in [0.3, 0.4) is 0 Å². The Hall–Kier alpha value is -3.02. The first-order chi connectivity index (χ1) is 15.2. The largest absolute Gasteiger partial charge is 0.375 e. The second-order valence-electron chi connectivity index (χ2n) is 7.68. The first-order valence-corrected chi connectivity index (χ1v) is 10.7. The van der Waals surface area contributed by atoms with Crippen molar-refractivity contribution in [2.45, 2.75) is 25.5 Å². The van der Waals surface area contributed by atoms with Crippen LogP contribution in [-0.2, 0) is 17.8 Å².